The Morgan fingerprint density at radius 1 is 1.44 bits per heavy atom. The normalized spacial score (nSPS) is 29.5. The Morgan fingerprint density at radius 2 is 2.30 bits per heavy atom. The molecule has 1 amide bonds. The molecule has 2 saturated heterocycles. The number of aromatic nitrogens is 1. The number of carbonyl (C=O) groups is 1. The molecule has 0 spiro atoms. The van der Waals surface area contributed by atoms with Gasteiger partial charge in [0.2, 0.25) is 11.8 Å². The number of aliphatic hydroxyl groups excluding tert-OH is 1. The lowest BCUT2D eigenvalue weighted by Crippen LogP contribution is -2.39. The van der Waals surface area contributed by atoms with E-state index in [1.54, 1.807) is 13.3 Å². The SMILES string of the molecule is CCCNC(=O)CC1CC2OC(CNCc3cccnc3OC)C(O)C2O1. The maximum absolute atomic E-state index is 11.8. The van der Waals surface area contributed by atoms with E-state index in [1.165, 1.54) is 0 Å². The lowest BCUT2D eigenvalue weighted by Gasteiger charge is -2.20. The quantitative estimate of drug-likeness (QED) is 0.570. The van der Waals surface area contributed by atoms with Gasteiger partial charge in [-0.2, -0.15) is 0 Å². The average molecular weight is 379 g/mol. The van der Waals surface area contributed by atoms with Crippen molar-refractivity contribution in [2.24, 2.45) is 0 Å². The lowest BCUT2D eigenvalue weighted by molar-refractivity contribution is -0.124. The number of pyridine rings is 1. The summed E-state index contributed by atoms with van der Waals surface area (Å²) in [6.45, 7) is 3.75. The molecule has 0 bridgehead atoms. The van der Waals surface area contributed by atoms with Gasteiger partial charge in [-0.15, -0.1) is 0 Å². The molecule has 5 unspecified atom stereocenters. The number of nitrogens with one attached hydrogen (secondary N) is 2. The second-order valence-corrected chi connectivity index (χ2v) is 7.02. The molecule has 1 aromatic rings. The zero-order chi connectivity index (χ0) is 19.2. The van der Waals surface area contributed by atoms with Crippen molar-refractivity contribution in [3.8, 4) is 5.88 Å². The van der Waals surface area contributed by atoms with Crippen LogP contribution in [-0.2, 0) is 20.8 Å². The molecule has 150 valence electrons. The van der Waals surface area contributed by atoms with E-state index in [1.807, 2.05) is 19.1 Å². The first-order valence-electron chi connectivity index (χ1n) is 9.56. The van der Waals surface area contributed by atoms with E-state index < -0.39 is 6.10 Å². The largest absolute Gasteiger partial charge is 0.481 e. The molecule has 3 heterocycles. The van der Waals surface area contributed by atoms with Gasteiger partial charge in [0, 0.05) is 37.8 Å². The molecule has 8 nitrogen and oxygen atoms in total. The predicted molar refractivity (Wildman–Crippen MR) is 98.4 cm³/mol. The van der Waals surface area contributed by atoms with Gasteiger partial charge in [-0.25, -0.2) is 4.98 Å². The Balaban J connectivity index is 1.43. The van der Waals surface area contributed by atoms with E-state index in [0.717, 1.165) is 12.0 Å². The Hall–Kier alpha value is -1.74. The van der Waals surface area contributed by atoms with Crippen molar-refractivity contribution < 1.29 is 24.1 Å². The van der Waals surface area contributed by atoms with Crippen molar-refractivity contribution in [3.05, 3.63) is 23.9 Å². The van der Waals surface area contributed by atoms with Crippen LogP contribution in [0.5, 0.6) is 5.88 Å². The molecular weight excluding hydrogens is 350 g/mol. The van der Waals surface area contributed by atoms with Crippen molar-refractivity contribution in [3.63, 3.8) is 0 Å². The van der Waals surface area contributed by atoms with Crippen LogP contribution in [0.2, 0.25) is 0 Å². The van der Waals surface area contributed by atoms with Crippen LogP contribution in [-0.4, -0.2) is 66.7 Å². The summed E-state index contributed by atoms with van der Waals surface area (Å²) in [6.07, 6.45) is 1.77. The average Bonchev–Trinajstić information content (AvgIpc) is 3.19. The maximum atomic E-state index is 11.8. The second-order valence-electron chi connectivity index (χ2n) is 7.02. The van der Waals surface area contributed by atoms with Gasteiger partial charge < -0.3 is 30.0 Å². The number of hydrogen-bond donors (Lipinski definition) is 3. The van der Waals surface area contributed by atoms with Gasteiger partial charge in [0.05, 0.1) is 31.8 Å². The summed E-state index contributed by atoms with van der Waals surface area (Å²) in [7, 11) is 1.59. The first kappa shape index (κ1) is 20.0. The van der Waals surface area contributed by atoms with Gasteiger partial charge in [-0.3, -0.25) is 4.79 Å². The van der Waals surface area contributed by atoms with Gasteiger partial charge in [0.15, 0.2) is 0 Å². The van der Waals surface area contributed by atoms with E-state index in [2.05, 4.69) is 15.6 Å². The molecule has 0 saturated carbocycles. The van der Waals surface area contributed by atoms with Crippen LogP contribution in [0.15, 0.2) is 18.3 Å². The maximum Gasteiger partial charge on any atom is 0.222 e. The highest BCUT2D eigenvalue weighted by molar-refractivity contribution is 5.76. The van der Waals surface area contributed by atoms with Crippen LogP contribution >= 0.6 is 0 Å². The summed E-state index contributed by atoms with van der Waals surface area (Å²) in [6, 6.07) is 3.80. The molecule has 1 aromatic heterocycles. The van der Waals surface area contributed by atoms with Gasteiger partial charge in [-0.1, -0.05) is 13.0 Å². The van der Waals surface area contributed by atoms with Crippen LogP contribution < -0.4 is 15.4 Å². The monoisotopic (exact) mass is 379 g/mol. The number of aliphatic hydroxyl groups is 1. The zero-order valence-corrected chi connectivity index (χ0v) is 15.9. The summed E-state index contributed by atoms with van der Waals surface area (Å²) in [5.41, 5.74) is 0.946. The Bertz CT molecular complexity index is 629. The fraction of sp³-hybridized carbons (Fsp3) is 0.684. The van der Waals surface area contributed by atoms with E-state index in [0.29, 0.717) is 38.4 Å². The van der Waals surface area contributed by atoms with Crippen molar-refractivity contribution in [2.75, 3.05) is 20.2 Å². The predicted octanol–water partition coefficient (Wildman–Crippen LogP) is 0.382. The number of carbonyl (C=O) groups excluding carboxylic acids is 1. The summed E-state index contributed by atoms with van der Waals surface area (Å²) < 4.78 is 17.1. The Labute approximate surface area is 159 Å². The van der Waals surface area contributed by atoms with Crippen molar-refractivity contribution in [2.45, 2.75) is 63.3 Å². The molecule has 3 N–H and O–H groups in total. The number of ether oxygens (including phenoxy) is 3. The van der Waals surface area contributed by atoms with Crippen LogP contribution in [0.1, 0.15) is 31.7 Å². The smallest absolute Gasteiger partial charge is 0.222 e. The van der Waals surface area contributed by atoms with Crippen LogP contribution in [0.4, 0.5) is 0 Å². The van der Waals surface area contributed by atoms with E-state index >= 15 is 0 Å². The molecule has 3 rings (SSSR count). The number of fused-ring (bicyclic) bond motifs is 1. The third-order valence-electron chi connectivity index (χ3n) is 4.97. The van der Waals surface area contributed by atoms with Gasteiger partial charge >= 0.3 is 0 Å². The van der Waals surface area contributed by atoms with E-state index in [-0.39, 0.29) is 30.3 Å². The molecule has 5 atom stereocenters. The molecule has 2 fully saturated rings. The Kier molecular flexibility index (Phi) is 7.01. The van der Waals surface area contributed by atoms with Crippen molar-refractivity contribution in [1.29, 1.82) is 0 Å². The molecule has 0 aliphatic carbocycles. The van der Waals surface area contributed by atoms with Gasteiger partial charge in [-0.05, 0) is 12.5 Å². The number of rotatable bonds is 9. The number of amides is 1. The van der Waals surface area contributed by atoms with E-state index in [9.17, 15) is 9.90 Å². The second kappa shape index (κ2) is 9.45. The van der Waals surface area contributed by atoms with Crippen molar-refractivity contribution in [1.82, 2.24) is 15.6 Å². The fourth-order valence-corrected chi connectivity index (χ4v) is 3.64. The molecule has 0 aromatic carbocycles. The Morgan fingerprint density at radius 3 is 3.04 bits per heavy atom. The first-order chi connectivity index (χ1) is 13.1. The summed E-state index contributed by atoms with van der Waals surface area (Å²) >= 11 is 0. The number of nitrogens with zero attached hydrogens (tertiary/aromatic N) is 1. The minimum Gasteiger partial charge on any atom is -0.481 e. The summed E-state index contributed by atoms with van der Waals surface area (Å²) in [5, 5.41) is 16.7. The standard InChI is InChI=1S/C19H29N3O5/c1-3-6-21-16(23)9-13-8-14-18(26-13)17(24)15(27-14)11-20-10-12-5-4-7-22-19(12)25-2/h4-5,7,13-15,17-18,20,24H,3,6,8-11H2,1-2H3,(H,21,23). The van der Waals surface area contributed by atoms with Crippen LogP contribution in [0.3, 0.4) is 0 Å². The molecule has 8 heteroatoms. The van der Waals surface area contributed by atoms with Crippen molar-refractivity contribution >= 4 is 5.91 Å². The van der Waals surface area contributed by atoms with Crippen LogP contribution in [0.25, 0.3) is 0 Å². The third kappa shape index (κ3) is 4.95. The molecular formula is C19H29N3O5. The molecule has 27 heavy (non-hydrogen) atoms. The van der Waals surface area contributed by atoms with Gasteiger partial charge in [0.25, 0.3) is 0 Å². The highest BCUT2D eigenvalue weighted by Crippen LogP contribution is 2.35. The van der Waals surface area contributed by atoms with Gasteiger partial charge in [0.1, 0.15) is 12.2 Å². The third-order valence-corrected chi connectivity index (χ3v) is 4.97. The highest BCUT2D eigenvalue weighted by Gasteiger charge is 2.50. The van der Waals surface area contributed by atoms with E-state index in [4.69, 9.17) is 14.2 Å². The minimum absolute atomic E-state index is 0.0139. The zero-order valence-electron chi connectivity index (χ0n) is 15.9. The highest BCUT2D eigenvalue weighted by atomic mass is 16.6. The number of hydrogen-bond acceptors (Lipinski definition) is 7. The topological polar surface area (TPSA) is 102 Å². The molecule has 2 aliphatic heterocycles. The lowest BCUT2D eigenvalue weighted by atomic mass is 10.1. The minimum atomic E-state index is -0.706. The summed E-state index contributed by atoms with van der Waals surface area (Å²) in [5.74, 6) is 0.572. The van der Waals surface area contributed by atoms with Crippen LogP contribution in [0, 0.1) is 0 Å². The molecule has 2 aliphatic rings. The molecule has 0 radical (unpaired) electrons. The fourth-order valence-electron chi connectivity index (χ4n) is 3.64. The first-order valence-corrected chi connectivity index (χ1v) is 9.56. The number of methoxy groups -OCH3 is 1. The summed E-state index contributed by atoms with van der Waals surface area (Å²) in [4.78, 5) is 16.0.